The number of nitro benzene ring substituents is 1. The highest BCUT2D eigenvalue weighted by Crippen LogP contribution is 2.17. The number of nitro groups is 1. The highest BCUT2D eigenvalue weighted by molar-refractivity contribution is 5.92. The summed E-state index contributed by atoms with van der Waals surface area (Å²) in [5.41, 5.74) is 0.892. The minimum atomic E-state index is -0.458. The van der Waals surface area contributed by atoms with Crippen LogP contribution in [0.3, 0.4) is 0 Å². The molecule has 3 rings (SSSR count). The van der Waals surface area contributed by atoms with Crippen molar-refractivity contribution >= 4 is 11.6 Å². The number of non-ortho nitro benzene ring substituents is 1. The summed E-state index contributed by atoms with van der Waals surface area (Å²) in [5, 5.41) is 10.8. The number of benzene rings is 1. The molecule has 0 saturated carbocycles. The lowest BCUT2D eigenvalue weighted by Crippen LogP contribution is -2.40. The van der Waals surface area contributed by atoms with Gasteiger partial charge in [0.25, 0.3) is 11.6 Å². The summed E-state index contributed by atoms with van der Waals surface area (Å²) in [5.74, 6) is -0.160. The second-order valence-corrected chi connectivity index (χ2v) is 4.85. The number of morpholine rings is 1. The lowest BCUT2D eigenvalue weighted by molar-refractivity contribution is -0.384. The van der Waals surface area contributed by atoms with E-state index in [1.54, 1.807) is 27.8 Å². The summed E-state index contributed by atoms with van der Waals surface area (Å²) < 4.78 is 6.81. The van der Waals surface area contributed by atoms with Gasteiger partial charge in [-0.15, -0.1) is 0 Å². The molecule has 0 N–H and O–H groups in total. The molecule has 0 spiro atoms. The number of nitrogens with zero attached hydrogens (tertiary/aromatic N) is 4. The maximum atomic E-state index is 12.3. The molecule has 0 radical (unpaired) electrons. The highest BCUT2D eigenvalue weighted by Gasteiger charge is 2.20. The Hall–Kier alpha value is -2.74. The van der Waals surface area contributed by atoms with Crippen molar-refractivity contribution < 1.29 is 14.5 Å². The van der Waals surface area contributed by atoms with E-state index in [4.69, 9.17) is 4.74 Å². The van der Waals surface area contributed by atoms with Gasteiger partial charge in [-0.1, -0.05) is 6.07 Å². The summed E-state index contributed by atoms with van der Waals surface area (Å²) in [6, 6.07) is 6.17. The average molecular weight is 302 g/mol. The van der Waals surface area contributed by atoms with Crippen LogP contribution in [0.5, 0.6) is 0 Å². The van der Waals surface area contributed by atoms with Crippen LogP contribution in [0.1, 0.15) is 10.5 Å². The van der Waals surface area contributed by atoms with E-state index in [2.05, 4.69) is 4.98 Å². The van der Waals surface area contributed by atoms with Crippen molar-refractivity contribution in [3.8, 4) is 5.69 Å². The number of imidazole rings is 1. The quantitative estimate of drug-likeness (QED) is 0.628. The summed E-state index contributed by atoms with van der Waals surface area (Å²) in [6.07, 6.45) is 3.06. The molecule has 2 heterocycles. The fourth-order valence-corrected chi connectivity index (χ4v) is 2.27. The molecule has 1 saturated heterocycles. The van der Waals surface area contributed by atoms with Crippen LogP contribution in [-0.2, 0) is 4.74 Å². The van der Waals surface area contributed by atoms with Gasteiger partial charge in [0.15, 0.2) is 0 Å². The van der Waals surface area contributed by atoms with Crippen molar-refractivity contribution in [1.82, 2.24) is 14.5 Å². The van der Waals surface area contributed by atoms with E-state index in [0.29, 0.717) is 37.7 Å². The van der Waals surface area contributed by atoms with E-state index in [-0.39, 0.29) is 11.6 Å². The molecule has 22 heavy (non-hydrogen) atoms. The van der Waals surface area contributed by atoms with Crippen LogP contribution in [0, 0.1) is 10.1 Å². The normalized spacial score (nSPS) is 14.8. The zero-order valence-corrected chi connectivity index (χ0v) is 11.7. The van der Waals surface area contributed by atoms with Crippen LogP contribution in [0.4, 0.5) is 5.69 Å². The minimum Gasteiger partial charge on any atom is -0.378 e. The number of carbonyl (C=O) groups is 1. The number of hydrogen-bond donors (Lipinski definition) is 0. The molecule has 8 heteroatoms. The van der Waals surface area contributed by atoms with Crippen molar-refractivity contribution in [3.63, 3.8) is 0 Å². The highest BCUT2D eigenvalue weighted by atomic mass is 16.6. The van der Waals surface area contributed by atoms with Crippen LogP contribution in [0.15, 0.2) is 36.8 Å². The molecule has 1 aliphatic heterocycles. The third kappa shape index (κ3) is 2.82. The molecule has 1 aliphatic rings. The average Bonchev–Trinajstić information content (AvgIpc) is 3.05. The molecule has 1 aromatic carbocycles. The summed E-state index contributed by atoms with van der Waals surface area (Å²) >= 11 is 0. The van der Waals surface area contributed by atoms with Gasteiger partial charge in [0.1, 0.15) is 12.0 Å². The predicted molar refractivity (Wildman–Crippen MR) is 76.9 cm³/mol. The van der Waals surface area contributed by atoms with Crippen LogP contribution < -0.4 is 0 Å². The molecule has 2 aromatic rings. The molecule has 114 valence electrons. The van der Waals surface area contributed by atoms with E-state index < -0.39 is 4.92 Å². The molecular formula is C14H14N4O4. The molecule has 0 bridgehead atoms. The van der Waals surface area contributed by atoms with Gasteiger partial charge in [0.2, 0.25) is 0 Å². The molecule has 1 fully saturated rings. The van der Waals surface area contributed by atoms with Gasteiger partial charge in [-0.3, -0.25) is 14.9 Å². The third-order valence-electron chi connectivity index (χ3n) is 3.44. The Kier molecular flexibility index (Phi) is 3.84. The number of rotatable bonds is 3. The molecule has 0 aliphatic carbocycles. The van der Waals surface area contributed by atoms with Gasteiger partial charge in [-0.25, -0.2) is 4.98 Å². The SMILES string of the molecule is O=C(c1cn(-c2cccc([N+](=O)[O-])c2)cn1)N1CCOCC1. The van der Waals surface area contributed by atoms with Crippen LogP contribution >= 0.6 is 0 Å². The van der Waals surface area contributed by atoms with Crippen molar-refractivity contribution in [3.05, 3.63) is 52.6 Å². The van der Waals surface area contributed by atoms with Gasteiger partial charge in [0, 0.05) is 31.4 Å². The van der Waals surface area contributed by atoms with E-state index in [0.717, 1.165) is 0 Å². The first-order valence-electron chi connectivity index (χ1n) is 6.81. The van der Waals surface area contributed by atoms with E-state index in [1.807, 2.05) is 0 Å². The van der Waals surface area contributed by atoms with Gasteiger partial charge in [0.05, 0.1) is 23.8 Å². The van der Waals surface area contributed by atoms with Crippen molar-refractivity contribution in [2.45, 2.75) is 0 Å². The van der Waals surface area contributed by atoms with E-state index in [9.17, 15) is 14.9 Å². The molecular weight excluding hydrogens is 288 g/mol. The van der Waals surface area contributed by atoms with Gasteiger partial charge < -0.3 is 14.2 Å². The Morgan fingerprint density at radius 1 is 1.32 bits per heavy atom. The zero-order chi connectivity index (χ0) is 15.5. The Morgan fingerprint density at radius 3 is 2.82 bits per heavy atom. The number of ether oxygens (including phenoxy) is 1. The lowest BCUT2D eigenvalue weighted by atomic mass is 10.3. The smallest absolute Gasteiger partial charge is 0.274 e. The molecule has 1 aromatic heterocycles. The Labute approximate surface area is 126 Å². The largest absolute Gasteiger partial charge is 0.378 e. The van der Waals surface area contributed by atoms with Crippen LogP contribution in [-0.4, -0.2) is 51.6 Å². The van der Waals surface area contributed by atoms with Crippen molar-refractivity contribution in [2.75, 3.05) is 26.3 Å². The molecule has 1 amide bonds. The summed E-state index contributed by atoms with van der Waals surface area (Å²) in [4.78, 5) is 28.4. The van der Waals surface area contributed by atoms with E-state index in [1.165, 1.54) is 18.5 Å². The first-order valence-corrected chi connectivity index (χ1v) is 6.81. The van der Waals surface area contributed by atoms with E-state index >= 15 is 0 Å². The number of carbonyl (C=O) groups excluding carboxylic acids is 1. The fraction of sp³-hybridized carbons (Fsp3) is 0.286. The Balaban J connectivity index is 1.82. The summed E-state index contributed by atoms with van der Waals surface area (Å²) in [7, 11) is 0. The molecule has 0 unspecified atom stereocenters. The summed E-state index contributed by atoms with van der Waals surface area (Å²) in [6.45, 7) is 2.14. The number of amides is 1. The fourth-order valence-electron chi connectivity index (χ4n) is 2.27. The standard InChI is InChI=1S/C14H14N4O4/c19-14(16-4-6-22-7-5-16)13-9-17(10-15-13)11-2-1-3-12(8-11)18(20)21/h1-3,8-10H,4-7H2. The monoisotopic (exact) mass is 302 g/mol. The lowest BCUT2D eigenvalue weighted by Gasteiger charge is -2.25. The van der Waals surface area contributed by atoms with Crippen LogP contribution in [0.25, 0.3) is 5.69 Å². The first-order chi connectivity index (χ1) is 10.6. The second kappa shape index (κ2) is 5.94. The topological polar surface area (TPSA) is 90.5 Å². The van der Waals surface area contributed by atoms with Crippen molar-refractivity contribution in [1.29, 1.82) is 0 Å². The maximum Gasteiger partial charge on any atom is 0.274 e. The third-order valence-corrected chi connectivity index (χ3v) is 3.44. The molecule has 8 nitrogen and oxygen atoms in total. The Bertz CT molecular complexity index is 706. The Morgan fingerprint density at radius 2 is 2.09 bits per heavy atom. The van der Waals surface area contributed by atoms with Gasteiger partial charge >= 0.3 is 0 Å². The minimum absolute atomic E-state index is 0.00717. The van der Waals surface area contributed by atoms with Gasteiger partial charge in [-0.2, -0.15) is 0 Å². The maximum absolute atomic E-state index is 12.3. The second-order valence-electron chi connectivity index (χ2n) is 4.85. The van der Waals surface area contributed by atoms with Gasteiger partial charge in [-0.05, 0) is 6.07 Å². The zero-order valence-electron chi connectivity index (χ0n) is 11.7. The predicted octanol–water partition coefficient (Wildman–Crippen LogP) is 1.25. The van der Waals surface area contributed by atoms with Crippen molar-refractivity contribution in [2.24, 2.45) is 0 Å². The van der Waals surface area contributed by atoms with Crippen LogP contribution in [0.2, 0.25) is 0 Å². The number of aromatic nitrogens is 2. The molecule has 0 atom stereocenters. The first kappa shape index (κ1) is 14.2. The number of hydrogen-bond acceptors (Lipinski definition) is 5.